The quantitative estimate of drug-likeness (QED) is 0.608. The van der Waals surface area contributed by atoms with E-state index in [4.69, 9.17) is 4.74 Å². The van der Waals surface area contributed by atoms with E-state index < -0.39 is 4.92 Å². The molecule has 0 aliphatic heterocycles. The van der Waals surface area contributed by atoms with Crippen LogP contribution in [0.25, 0.3) is 0 Å². The Balaban J connectivity index is 2.67. The molecule has 1 aromatic rings. The first kappa shape index (κ1) is 15.4. The molecule has 5 heteroatoms. The SMILES string of the molecule is COc1cc(CNCC(C)C(C)C)cc([N+](=O)[O-])c1. The van der Waals surface area contributed by atoms with Gasteiger partial charge in [0.2, 0.25) is 0 Å². The van der Waals surface area contributed by atoms with Gasteiger partial charge >= 0.3 is 0 Å². The number of hydrogen-bond acceptors (Lipinski definition) is 4. The van der Waals surface area contributed by atoms with E-state index in [1.165, 1.54) is 13.2 Å². The average Bonchev–Trinajstić information content (AvgIpc) is 2.37. The van der Waals surface area contributed by atoms with Gasteiger partial charge in [0.25, 0.3) is 5.69 Å². The Bertz CT molecular complexity index is 433. The van der Waals surface area contributed by atoms with Gasteiger partial charge in [0.05, 0.1) is 18.1 Å². The summed E-state index contributed by atoms with van der Waals surface area (Å²) in [5, 5.41) is 14.1. The molecule has 1 aromatic carbocycles. The van der Waals surface area contributed by atoms with Crippen LogP contribution in [0.4, 0.5) is 5.69 Å². The largest absolute Gasteiger partial charge is 0.496 e. The normalized spacial score (nSPS) is 12.5. The molecule has 0 heterocycles. The Labute approximate surface area is 114 Å². The lowest BCUT2D eigenvalue weighted by Crippen LogP contribution is -2.23. The fourth-order valence-corrected chi connectivity index (χ4v) is 1.65. The van der Waals surface area contributed by atoms with Crippen LogP contribution in [0.1, 0.15) is 26.3 Å². The molecule has 0 spiro atoms. The van der Waals surface area contributed by atoms with Gasteiger partial charge in [0, 0.05) is 12.6 Å². The highest BCUT2D eigenvalue weighted by Crippen LogP contribution is 2.22. The fraction of sp³-hybridized carbons (Fsp3) is 0.571. The van der Waals surface area contributed by atoms with Crippen molar-refractivity contribution >= 4 is 5.69 Å². The highest BCUT2D eigenvalue weighted by molar-refractivity contribution is 5.42. The molecular formula is C14H22N2O3. The lowest BCUT2D eigenvalue weighted by molar-refractivity contribution is -0.385. The van der Waals surface area contributed by atoms with Crippen LogP contribution in [0, 0.1) is 22.0 Å². The molecule has 19 heavy (non-hydrogen) atoms. The van der Waals surface area contributed by atoms with Crippen molar-refractivity contribution in [3.05, 3.63) is 33.9 Å². The van der Waals surface area contributed by atoms with E-state index in [0.717, 1.165) is 12.1 Å². The van der Waals surface area contributed by atoms with Crippen molar-refractivity contribution in [1.82, 2.24) is 5.32 Å². The van der Waals surface area contributed by atoms with Crippen LogP contribution >= 0.6 is 0 Å². The molecule has 106 valence electrons. The molecular weight excluding hydrogens is 244 g/mol. The summed E-state index contributed by atoms with van der Waals surface area (Å²) in [4.78, 5) is 10.4. The Morgan fingerprint density at radius 3 is 2.53 bits per heavy atom. The minimum Gasteiger partial charge on any atom is -0.496 e. The molecule has 1 atom stereocenters. The highest BCUT2D eigenvalue weighted by atomic mass is 16.6. The molecule has 0 aliphatic rings. The predicted octanol–water partition coefficient (Wildman–Crippen LogP) is 2.99. The molecule has 0 bridgehead atoms. The molecule has 1 unspecified atom stereocenters. The Morgan fingerprint density at radius 2 is 2.00 bits per heavy atom. The number of nitro groups is 1. The van der Waals surface area contributed by atoms with Crippen molar-refractivity contribution in [3.63, 3.8) is 0 Å². The van der Waals surface area contributed by atoms with Gasteiger partial charge in [-0.2, -0.15) is 0 Å². The molecule has 1 rings (SSSR count). The second-order valence-electron chi connectivity index (χ2n) is 5.15. The first-order valence-corrected chi connectivity index (χ1v) is 6.47. The maximum Gasteiger partial charge on any atom is 0.273 e. The molecule has 0 saturated carbocycles. The van der Waals surface area contributed by atoms with Crippen LogP contribution in [0.3, 0.4) is 0 Å². The van der Waals surface area contributed by atoms with E-state index in [9.17, 15) is 10.1 Å². The Kier molecular flexibility index (Phi) is 5.76. The lowest BCUT2D eigenvalue weighted by atomic mass is 9.98. The van der Waals surface area contributed by atoms with E-state index >= 15 is 0 Å². The standard InChI is InChI=1S/C14H22N2O3/c1-10(2)11(3)8-15-9-12-5-13(16(17)18)7-14(6-12)19-4/h5-7,10-11,15H,8-9H2,1-4H3. The van der Waals surface area contributed by atoms with Gasteiger partial charge in [-0.25, -0.2) is 0 Å². The van der Waals surface area contributed by atoms with Crippen molar-refractivity contribution in [3.8, 4) is 5.75 Å². The van der Waals surface area contributed by atoms with E-state index in [-0.39, 0.29) is 5.69 Å². The summed E-state index contributed by atoms with van der Waals surface area (Å²) in [5.74, 6) is 1.70. The number of methoxy groups -OCH3 is 1. The zero-order valence-corrected chi connectivity index (χ0v) is 12.0. The lowest BCUT2D eigenvalue weighted by Gasteiger charge is -2.16. The van der Waals surface area contributed by atoms with E-state index in [1.807, 2.05) is 6.07 Å². The number of nitrogens with one attached hydrogen (secondary N) is 1. The second kappa shape index (κ2) is 7.09. The fourth-order valence-electron chi connectivity index (χ4n) is 1.65. The molecule has 0 radical (unpaired) electrons. The first-order chi connectivity index (χ1) is 8.93. The summed E-state index contributed by atoms with van der Waals surface area (Å²) in [6.07, 6.45) is 0. The molecule has 0 aromatic heterocycles. The zero-order valence-electron chi connectivity index (χ0n) is 12.0. The third-order valence-electron chi connectivity index (χ3n) is 3.33. The number of nitro benzene ring substituents is 1. The molecule has 5 nitrogen and oxygen atoms in total. The number of benzene rings is 1. The molecule has 1 N–H and O–H groups in total. The monoisotopic (exact) mass is 266 g/mol. The molecule has 0 saturated heterocycles. The maximum absolute atomic E-state index is 10.8. The molecule has 0 aliphatic carbocycles. The third kappa shape index (κ3) is 4.87. The summed E-state index contributed by atoms with van der Waals surface area (Å²) in [5.41, 5.74) is 0.926. The number of hydrogen-bond donors (Lipinski definition) is 1. The first-order valence-electron chi connectivity index (χ1n) is 6.47. The number of non-ortho nitro benzene ring substituents is 1. The van der Waals surface area contributed by atoms with Gasteiger partial charge in [-0.3, -0.25) is 10.1 Å². The Morgan fingerprint density at radius 1 is 1.32 bits per heavy atom. The summed E-state index contributed by atoms with van der Waals surface area (Å²) < 4.78 is 5.08. The summed E-state index contributed by atoms with van der Waals surface area (Å²) >= 11 is 0. The summed E-state index contributed by atoms with van der Waals surface area (Å²) in [7, 11) is 1.51. The number of ether oxygens (including phenoxy) is 1. The van der Waals surface area contributed by atoms with Crippen LogP contribution in [-0.2, 0) is 6.54 Å². The average molecular weight is 266 g/mol. The van der Waals surface area contributed by atoms with Crippen LogP contribution < -0.4 is 10.1 Å². The van der Waals surface area contributed by atoms with Gasteiger partial charge < -0.3 is 10.1 Å². The zero-order chi connectivity index (χ0) is 14.4. The maximum atomic E-state index is 10.8. The minimum absolute atomic E-state index is 0.0630. The highest BCUT2D eigenvalue weighted by Gasteiger charge is 2.11. The summed E-state index contributed by atoms with van der Waals surface area (Å²) in [6.45, 7) is 8.05. The van der Waals surface area contributed by atoms with Gasteiger partial charge in [0.1, 0.15) is 5.75 Å². The van der Waals surface area contributed by atoms with Crippen LogP contribution in [-0.4, -0.2) is 18.6 Å². The van der Waals surface area contributed by atoms with Crippen LogP contribution in [0.15, 0.2) is 18.2 Å². The number of nitrogens with zero attached hydrogens (tertiary/aromatic N) is 1. The van der Waals surface area contributed by atoms with Gasteiger partial charge in [-0.05, 0) is 30.0 Å². The van der Waals surface area contributed by atoms with Crippen molar-refractivity contribution in [2.75, 3.05) is 13.7 Å². The van der Waals surface area contributed by atoms with E-state index in [1.54, 1.807) is 6.07 Å². The van der Waals surface area contributed by atoms with Crippen molar-refractivity contribution in [1.29, 1.82) is 0 Å². The molecule has 0 amide bonds. The van der Waals surface area contributed by atoms with E-state index in [0.29, 0.717) is 24.1 Å². The topological polar surface area (TPSA) is 64.4 Å². The van der Waals surface area contributed by atoms with Crippen LogP contribution in [0.5, 0.6) is 5.75 Å². The van der Waals surface area contributed by atoms with Crippen molar-refractivity contribution in [2.45, 2.75) is 27.3 Å². The Hall–Kier alpha value is -1.62. The smallest absolute Gasteiger partial charge is 0.273 e. The van der Waals surface area contributed by atoms with Gasteiger partial charge in [0.15, 0.2) is 0 Å². The predicted molar refractivity (Wildman–Crippen MR) is 75.4 cm³/mol. The third-order valence-corrected chi connectivity index (χ3v) is 3.33. The minimum atomic E-state index is -0.400. The van der Waals surface area contributed by atoms with Gasteiger partial charge in [-0.1, -0.05) is 20.8 Å². The number of rotatable bonds is 7. The molecule has 0 fully saturated rings. The summed E-state index contributed by atoms with van der Waals surface area (Å²) in [6, 6.07) is 4.83. The van der Waals surface area contributed by atoms with Gasteiger partial charge in [-0.15, -0.1) is 0 Å². The second-order valence-corrected chi connectivity index (χ2v) is 5.15. The van der Waals surface area contributed by atoms with Crippen molar-refractivity contribution in [2.24, 2.45) is 11.8 Å². The van der Waals surface area contributed by atoms with E-state index in [2.05, 4.69) is 26.1 Å². The van der Waals surface area contributed by atoms with Crippen LogP contribution in [0.2, 0.25) is 0 Å². The van der Waals surface area contributed by atoms with Crippen molar-refractivity contribution < 1.29 is 9.66 Å².